The van der Waals surface area contributed by atoms with Gasteiger partial charge in [-0.05, 0) is 36.6 Å². The van der Waals surface area contributed by atoms with E-state index >= 15 is 0 Å². The predicted molar refractivity (Wildman–Crippen MR) is 110 cm³/mol. The van der Waals surface area contributed by atoms with Crippen LogP contribution < -0.4 is 0 Å². The highest BCUT2D eigenvalue weighted by molar-refractivity contribution is 7.11. The molecule has 2 fully saturated rings. The lowest BCUT2D eigenvalue weighted by Gasteiger charge is -2.32. The third-order valence-electron chi connectivity index (χ3n) is 5.97. The van der Waals surface area contributed by atoms with Gasteiger partial charge in [0.25, 0.3) is 11.8 Å². The third kappa shape index (κ3) is 4.02. The molecule has 0 bridgehead atoms. The van der Waals surface area contributed by atoms with E-state index in [0.717, 1.165) is 70.1 Å². The number of imide groups is 1. The van der Waals surface area contributed by atoms with Gasteiger partial charge in [0.15, 0.2) is 0 Å². The monoisotopic (exact) mass is 403 g/mol. The molecule has 152 valence electrons. The molecule has 0 saturated carbocycles. The van der Waals surface area contributed by atoms with Gasteiger partial charge in [-0.25, -0.2) is 0 Å². The zero-order valence-electron chi connectivity index (χ0n) is 16.6. The fraction of sp³-hybridized carbons (Fsp3) is 0.619. The average molecular weight is 404 g/mol. The van der Waals surface area contributed by atoms with Crippen molar-refractivity contribution in [3.8, 4) is 0 Å². The van der Waals surface area contributed by atoms with E-state index < -0.39 is 0 Å². The summed E-state index contributed by atoms with van der Waals surface area (Å²) in [4.78, 5) is 33.3. The van der Waals surface area contributed by atoms with Crippen molar-refractivity contribution in [2.45, 2.75) is 26.2 Å². The second-order valence-corrected chi connectivity index (χ2v) is 8.89. The standard InChI is InChI=1S/C21H29N3O3S/c1-16-5-9-23(10-6-16)19-18(17-4-2-15-28-17)20(25)24(21(19)26)8-3-7-22-11-13-27-14-12-22/h2,4,15-16H,3,5-14H2,1H3. The Balaban J connectivity index is 1.48. The summed E-state index contributed by atoms with van der Waals surface area (Å²) in [6, 6.07) is 3.90. The highest BCUT2D eigenvalue weighted by Crippen LogP contribution is 2.35. The van der Waals surface area contributed by atoms with Crippen molar-refractivity contribution in [1.29, 1.82) is 0 Å². The van der Waals surface area contributed by atoms with Crippen LogP contribution >= 0.6 is 11.3 Å². The van der Waals surface area contributed by atoms with Crippen molar-refractivity contribution in [3.05, 3.63) is 28.1 Å². The maximum Gasteiger partial charge on any atom is 0.277 e. The molecule has 4 rings (SSSR count). The molecule has 3 aliphatic rings. The summed E-state index contributed by atoms with van der Waals surface area (Å²) in [5, 5.41) is 1.97. The van der Waals surface area contributed by atoms with Crippen molar-refractivity contribution in [3.63, 3.8) is 0 Å². The van der Waals surface area contributed by atoms with Gasteiger partial charge in [0.2, 0.25) is 0 Å². The van der Waals surface area contributed by atoms with Gasteiger partial charge in [-0.15, -0.1) is 11.3 Å². The van der Waals surface area contributed by atoms with Crippen LogP contribution in [0, 0.1) is 5.92 Å². The molecule has 1 aromatic rings. The summed E-state index contributed by atoms with van der Waals surface area (Å²) in [6.45, 7) is 8.73. The summed E-state index contributed by atoms with van der Waals surface area (Å²) < 4.78 is 5.39. The number of carbonyl (C=O) groups excluding carboxylic acids is 2. The Bertz CT molecular complexity index is 732. The van der Waals surface area contributed by atoms with E-state index in [1.165, 1.54) is 16.2 Å². The minimum Gasteiger partial charge on any atom is -0.379 e. The largest absolute Gasteiger partial charge is 0.379 e. The molecule has 2 saturated heterocycles. The second kappa shape index (κ2) is 8.76. The van der Waals surface area contributed by atoms with E-state index in [1.54, 1.807) is 0 Å². The van der Waals surface area contributed by atoms with Crippen molar-refractivity contribution >= 4 is 28.7 Å². The Kier molecular flexibility index (Phi) is 6.13. The molecular weight excluding hydrogens is 374 g/mol. The normalized spacial score (nSPS) is 22.6. The Labute approximate surface area is 170 Å². The number of thiophene rings is 1. The molecule has 4 heterocycles. The summed E-state index contributed by atoms with van der Waals surface area (Å²) >= 11 is 1.54. The molecule has 6 nitrogen and oxygen atoms in total. The number of carbonyl (C=O) groups is 2. The molecule has 7 heteroatoms. The minimum absolute atomic E-state index is 0.107. The number of ether oxygens (including phenoxy) is 1. The average Bonchev–Trinajstić information content (AvgIpc) is 3.31. The summed E-state index contributed by atoms with van der Waals surface area (Å²) in [6.07, 6.45) is 2.94. The molecule has 0 radical (unpaired) electrons. The van der Waals surface area contributed by atoms with Crippen LogP contribution in [0.25, 0.3) is 5.57 Å². The van der Waals surface area contributed by atoms with Crippen molar-refractivity contribution in [1.82, 2.24) is 14.7 Å². The number of morpholine rings is 1. The Morgan fingerprint density at radius 2 is 1.82 bits per heavy atom. The number of hydrogen-bond donors (Lipinski definition) is 0. The van der Waals surface area contributed by atoms with Crippen LogP contribution in [-0.2, 0) is 14.3 Å². The van der Waals surface area contributed by atoms with Crippen LogP contribution in [0.1, 0.15) is 31.1 Å². The summed E-state index contributed by atoms with van der Waals surface area (Å²) in [7, 11) is 0. The number of nitrogens with zero attached hydrogens (tertiary/aromatic N) is 3. The van der Waals surface area contributed by atoms with E-state index in [-0.39, 0.29) is 11.8 Å². The number of rotatable bonds is 6. The topological polar surface area (TPSA) is 53.1 Å². The van der Waals surface area contributed by atoms with Crippen LogP contribution in [-0.4, -0.2) is 79.0 Å². The maximum absolute atomic E-state index is 13.3. The minimum atomic E-state index is -0.122. The molecule has 0 atom stereocenters. The first kappa shape index (κ1) is 19.6. The van der Waals surface area contributed by atoms with Gasteiger partial charge in [0.05, 0.1) is 18.8 Å². The second-order valence-electron chi connectivity index (χ2n) is 7.94. The first-order chi connectivity index (χ1) is 13.6. The zero-order valence-corrected chi connectivity index (χ0v) is 17.4. The fourth-order valence-electron chi connectivity index (χ4n) is 4.21. The first-order valence-corrected chi connectivity index (χ1v) is 11.2. The third-order valence-corrected chi connectivity index (χ3v) is 6.86. The quantitative estimate of drug-likeness (QED) is 0.682. The Morgan fingerprint density at radius 1 is 1.07 bits per heavy atom. The van der Waals surface area contributed by atoms with Crippen LogP contribution in [0.4, 0.5) is 0 Å². The predicted octanol–water partition coefficient (Wildman–Crippen LogP) is 2.28. The summed E-state index contributed by atoms with van der Waals surface area (Å²) in [5.41, 5.74) is 1.24. The SMILES string of the molecule is CC1CCN(C2=C(c3cccs3)C(=O)N(CCCN3CCOCC3)C2=O)CC1. The van der Waals surface area contributed by atoms with E-state index in [0.29, 0.717) is 23.7 Å². The van der Waals surface area contributed by atoms with Gasteiger partial charge in [-0.3, -0.25) is 19.4 Å². The highest BCUT2D eigenvalue weighted by Gasteiger charge is 2.42. The van der Waals surface area contributed by atoms with Crippen LogP contribution in [0.2, 0.25) is 0 Å². The van der Waals surface area contributed by atoms with E-state index in [2.05, 4.69) is 16.7 Å². The number of piperidine rings is 1. The fourth-order valence-corrected chi connectivity index (χ4v) is 4.97. The molecule has 3 aliphatic heterocycles. The van der Waals surface area contributed by atoms with Gasteiger partial charge in [-0.2, -0.15) is 0 Å². The van der Waals surface area contributed by atoms with Crippen molar-refractivity contribution < 1.29 is 14.3 Å². The van der Waals surface area contributed by atoms with Crippen LogP contribution in [0.3, 0.4) is 0 Å². The summed E-state index contributed by atoms with van der Waals surface area (Å²) in [5.74, 6) is 0.451. The molecule has 0 spiro atoms. The van der Waals surface area contributed by atoms with E-state index in [1.807, 2.05) is 17.5 Å². The number of hydrogen-bond acceptors (Lipinski definition) is 6. The zero-order chi connectivity index (χ0) is 19.5. The van der Waals surface area contributed by atoms with E-state index in [9.17, 15) is 9.59 Å². The molecule has 2 amide bonds. The Hall–Kier alpha value is -1.70. The Morgan fingerprint density at radius 3 is 2.50 bits per heavy atom. The van der Waals surface area contributed by atoms with Gasteiger partial charge in [0, 0.05) is 44.1 Å². The van der Waals surface area contributed by atoms with Gasteiger partial charge >= 0.3 is 0 Å². The van der Waals surface area contributed by atoms with Crippen molar-refractivity contribution in [2.24, 2.45) is 5.92 Å². The van der Waals surface area contributed by atoms with Gasteiger partial charge in [-0.1, -0.05) is 13.0 Å². The van der Waals surface area contributed by atoms with E-state index in [4.69, 9.17) is 4.74 Å². The highest BCUT2D eigenvalue weighted by atomic mass is 32.1. The molecule has 0 unspecified atom stereocenters. The molecule has 0 aliphatic carbocycles. The van der Waals surface area contributed by atoms with Crippen LogP contribution in [0.5, 0.6) is 0 Å². The number of amides is 2. The number of likely N-dealkylation sites (tertiary alicyclic amines) is 1. The van der Waals surface area contributed by atoms with Gasteiger partial charge in [0.1, 0.15) is 5.70 Å². The van der Waals surface area contributed by atoms with Crippen molar-refractivity contribution in [2.75, 3.05) is 52.5 Å². The molecule has 0 N–H and O–H groups in total. The first-order valence-electron chi connectivity index (χ1n) is 10.3. The molecular formula is C21H29N3O3S. The molecule has 28 heavy (non-hydrogen) atoms. The lowest BCUT2D eigenvalue weighted by atomic mass is 9.98. The molecule has 0 aromatic carbocycles. The van der Waals surface area contributed by atoms with Gasteiger partial charge < -0.3 is 9.64 Å². The lowest BCUT2D eigenvalue weighted by Crippen LogP contribution is -2.41. The van der Waals surface area contributed by atoms with Crippen LogP contribution in [0.15, 0.2) is 23.2 Å². The smallest absolute Gasteiger partial charge is 0.277 e. The maximum atomic E-state index is 13.3. The lowest BCUT2D eigenvalue weighted by molar-refractivity contribution is -0.137. The molecule has 1 aromatic heterocycles.